The predicted molar refractivity (Wildman–Crippen MR) is 98.6 cm³/mol. The highest BCUT2D eigenvalue weighted by atomic mass is 16.5. The van der Waals surface area contributed by atoms with Gasteiger partial charge in [-0.25, -0.2) is 4.98 Å². The lowest BCUT2D eigenvalue weighted by Gasteiger charge is -2.32. The van der Waals surface area contributed by atoms with Crippen molar-refractivity contribution in [1.29, 1.82) is 0 Å². The van der Waals surface area contributed by atoms with Crippen molar-refractivity contribution in [2.75, 3.05) is 13.7 Å². The topological polar surface area (TPSA) is 57.5 Å². The van der Waals surface area contributed by atoms with E-state index < -0.39 is 0 Å². The van der Waals surface area contributed by atoms with Gasteiger partial charge in [-0.3, -0.25) is 0 Å². The van der Waals surface area contributed by atoms with Crippen LogP contribution in [0.25, 0.3) is 0 Å². The number of hydrogen-bond donors (Lipinski definition) is 1. The van der Waals surface area contributed by atoms with Gasteiger partial charge in [0.15, 0.2) is 0 Å². The average Bonchev–Trinajstić information content (AvgIpc) is 3.24. The summed E-state index contributed by atoms with van der Waals surface area (Å²) in [5, 5.41) is 3.69. The Balaban J connectivity index is 1.53. The molecular weight excluding hydrogens is 330 g/mol. The van der Waals surface area contributed by atoms with Crippen LogP contribution in [0.3, 0.4) is 0 Å². The van der Waals surface area contributed by atoms with Crippen LogP contribution in [0.2, 0.25) is 0 Å². The molecule has 0 spiro atoms. The summed E-state index contributed by atoms with van der Waals surface area (Å²) in [5.74, 6) is 2.87. The van der Waals surface area contributed by atoms with Crippen molar-refractivity contribution in [2.24, 2.45) is 7.05 Å². The highest BCUT2D eigenvalue weighted by Crippen LogP contribution is 2.36. The summed E-state index contributed by atoms with van der Waals surface area (Å²) in [6.45, 7) is 3.61. The minimum atomic E-state index is -0.0257. The van der Waals surface area contributed by atoms with Crippen LogP contribution in [0, 0.1) is 0 Å². The van der Waals surface area contributed by atoms with E-state index in [1.54, 1.807) is 7.11 Å². The molecule has 1 aromatic heterocycles. The Labute approximate surface area is 154 Å². The lowest BCUT2D eigenvalue weighted by molar-refractivity contribution is -0.0178. The normalized spacial score (nSPS) is 25.0. The molecular formula is C20H27N3O3. The molecule has 0 radical (unpaired) electrons. The van der Waals surface area contributed by atoms with Crippen molar-refractivity contribution >= 4 is 0 Å². The van der Waals surface area contributed by atoms with Crippen LogP contribution in [-0.2, 0) is 24.8 Å². The SMILES string of the molecule is COc1cc(CN[C@H]2CCCO[C@@H]2c2nccn2C)c2c(c1)C[C@@H](C)O2. The van der Waals surface area contributed by atoms with Gasteiger partial charge in [-0.1, -0.05) is 0 Å². The van der Waals surface area contributed by atoms with Crippen molar-refractivity contribution in [3.8, 4) is 11.5 Å². The van der Waals surface area contributed by atoms with Gasteiger partial charge in [-0.2, -0.15) is 0 Å². The Kier molecular flexibility index (Phi) is 4.87. The van der Waals surface area contributed by atoms with E-state index >= 15 is 0 Å². The molecule has 4 rings (SSSR count). The molecule has 0 aliphatic carbocycles. The third-order valence-electron chi connectivity index (χ3n) is 5.27. The molecule has 3 atom stereocenters. The molecule has 0 saturated carbocycles. The van der Waals surface area contributed by atoms with Crippen LogP contribution < -0.4 is 14.8 Å². The molecule has 0 unspecified atom stereocenters. The Morgan fingerprint density at radius 3 is 3.04 bits per heavy atom. The zero-order valence-corrected chi connectivity index (χ0v) is 15.7. The number of nitrogens with zero attached hydrogens (tertiary/aromatic N) is 2. The summed E-state index contributed by atoms with van der Waals surface area (Å²) < 4.78 is 19.6. The minimum Gasteiger partial charge on any atom is -0.497 e. The molecule has 6 heteroatoms. The predicted octanol–water partition coefficient (Wildman–Crippen LogP) is 2.76. The largest absolute Gasteiger partial charge is 0.497 e. The van der Waals surface area contributed by atoms with Gasteiger partial charge in [0.05, 0.1) is 7.11 Å². The number of aryl methyl sites for hydroxylation is 1. The molecule has 2 aliphatic rings. The van der Waals surface area contributed by atoms with E-state index in [0.29, 0.717) is 0 Å². The molecule has 1 aromatic carbocycles. The molecule has 3 heterocycles. The molecule has 0 amide bonds. The smallest absolute Gasteiger partial charge is 0.139 e. The zero-order chi connectivity index (χ0) is 18.1. The maximum absolute atomic E-state index is 6.06. The Hall–Kier alpha value is -2.05. The zero-order valence-electron chi connectivity index (χ0n) is 15.7. The van der Waals surface area contributed by atoms with E-state index in [1.165, 1.54) is 5.56 Å². The molecule has 6 nitrogen and oxygen atoms in total. The second-order valence-electron chi connectivity index (χ2n) is 7.22. The van der Waals surface area contributed by atoms with Crippen LogP contribution in [0.4, 0.5) is 0 Å². The second-order valence-corrected chi connectivity index (χ2v) is 7.22. The minimum absolute atomic E-state index is 0.0257. The van der Waals surface area contributed by atoms with Crippen LogP contribution in [0.15, 0.2) is 24.5 Å². The third kappa shape index (κ3) is 3.31. The molecule has 1 N–H and O–H groups in total. The van der Waals surface area contributed by atoms with E-state index in [9.17, 15) is 0 Å². The first-order valence-electron chi connectivity index (χ1n) is 9.34. The summed E-state index contributed by atoms with van der Waals surface area (Å²) in [6, 6.07) is 4.39. The van der Waals surface area contributed by atoms with Gasteiger partial charge in [0.1, 0.15) is 29.5 Å². The lowest BCUT2D eigenvalue weighted by Crippen LogP contribution is -2.40. The number of fused-ring (bicyclic) bond motifs is 1. The standard InChI is InChI=1S/C20H27N3O3/c1-13-9-14-10-16(24-3)11-15(18(14)26-13)12-22-17-5-4-8-25-19(17)20-21-6-7-23(20)2/h6-7,10-11,13,17,19,22H,4-5,8-9,12H2,1-3H3/t13-,17+,19+/m1/s1. The highest BCUT2D eigenvalue weighted by molar-refractivity contribution is 5.49. The van der Waals surface area contributed by atoms with Gasteiger partial charge in [0.25, 0.3) is 0 Å². The monoisotopic (exact) mass is 357 g/mol. The molecule has 2 aromatic rings. The molecule has 140 valence electrons. The fraction of sp³-hybridized carbons (Fsp3) is 0.550. The summed E-state index contributed by atoms with van der Waals surface area (Å²) in [5.41, 5.74) is 2.38. The van der Waals surface area contributed by atoms with Crippen LogP contribution in [-0.4, -0.2) is 35.4 Å². The maximum atomic E-state index is 6.06. The first kappa shape index (κ1) is 17.4. The number of hydrogen-bond acceptors (Lipinski definition) is 5. The molecule has 1 fully saturated rings. The van der Waals surface area contributed by atoms with E-state index in [-0.39, 0.29) is 18.2 Å². The van der Waals surface area contributed by atoms with E-state index in [4.69, 9.17) is 14.2 Å². The number of benzene rings is 1. The van der Waals surface area contributed by atoms with Crippen molar-refractivity contribution in [3.63, 3.8) is 0 Å². The van der Waals surface area contributed by atoms with Gasteiger partial charge in [-0.05, 0) is 31.9 Å². The maximum Gasteiger partial charge on any atom is 0.139 e. The third-order valence-corrected chi connectivity index (χ3v) is 5.27. The van der Waals surface area contributed by atoms with Crippen molar-refractivity contribution < 1.29 is 14.2 Å². The fourth-order valence-electron chi connectivity index (χ4n) is 3.96. The molecule has 1 saturated heterocycles. The van der Waals surface area contributed by atoms with Gasteiger partial charge in [0, 0.05) is 56.2 Å². The van der Waals surface area contributed by atoms with Crippen LogP contribution in [0.1, 0.15) is 42.8 Å². The average molecular weight is 357 g/mol. The number of nitrogens with one attached hydrogen (secondary N) is 1. The Bertz CT molecular complexity index is 774. The summed E-state index contributed by atoms with van der Waals surface area (Å²) in [4.78, 5) is 4.49. The molecule has 26 heavy (non-hydrogen) atoms. The highest BCUT2D eigenvalue weighted by Gasteiger charge is 2.31. The van der Waals surface area contributed by atoms with Crippen LogP contribution in [0.5, 0.6) is 11.5 Å². The molecule has 2 aliphatic heterocycles. The summed E-state index contributed by atoms with van der Waals surface area (Å²) >= 11 is 0. The first-order chi connectivity index (χ1) is 12.7. The first-order valence-corrected chi connectivity index (χ1v) is 9.34. The van der Waals surface area contributed by atoms with E-state index in [1.807, 2.05) is 24.0 Å². The molecule has 0 bridgehead atoms. The lowest BCUT2D eigenvalue weighted by atomic mass is 10.0. The number of rotatable bonds is 5. The second kappa shape index (κ2) is 7.29. The van der Waals surface area contributed by atoms with Crippen molar-refractivity contribution in [1.82, 2.24) is 14.9 Å². The summed E-state index contributed by atoms with van der Waals surface area (Å²) in [6.07, 6.45) is 7.05. The summed E-state index contributed by atoms with van der Waals surface area (Å²) in [7, 11) is 3.73. The van der Waals surface area contributed by atoms with Gasteiger partial charge >= 0.3 is 0 Å². The number of ether oxygens (including phenoxy) is 3. The van der Waals surface area contributed by atoms with Crippen molar-refractivity contribution in [2.45, 2.75) is 51.0 Å². The quantitative estimate of drug-likeness (QED) is 0.892. The van der Waals surface area contributed by atoms with Gasteiger partial charge in [0.2, 0.25) is 0 Å². The number of aromatic nitrogens is 2. The van der Waals surface area contributed by atoms with Crippen molar-refractivity contribution in [3.05, 3.63) is 41.5 Å². The van der Waals surface area contributed by atoms with E-state index in [2.05, 4.69) is 29.4 Å². The van der Waals surface area contributed by atoms with Gasteiger partial charge < -0.3 is 24.1 Å². The van der Waals surface area contributed by atoms with Gasteiger partial charge in [-0.15, -0.1) is 0 Å². The number of imidazole rings is 1. The number of methoxy groups -OCH3 is 1. The van der Waals surface area contributed by atoms with Crippen LogP contribution >= 0.6 is 0 Å². The van der Waals surface area contributed by atoms with E-state index in [0.717, 1.165) is 55.3 Å². The Morgan fingerprint density at radius 1 is 1.38 bits per heavy atom. The fourth-order valence-corrected chi connectivity index (χ4v) is 3.96. The Morgan fingerprint density at radius 2 is 2.27 bits per heavy atom.